The lowest BCUT2D eigenvalue weighted by atomic mass is 9.96. The third kappa shape index (κ3) is 2.63. The molecule has 0 saturated carbocycles. The molecule has 7 nitrogen and oxygen atoms in total. The lowest BCUT2D eigenvalue weighted by Gasteiger charge is -2.10. The van der Waals surface area contributed by atoms with E-state index in [9.17, 15) is 0 Å². The first-order chi connectivity index (χ1) is 8.38. The van der Waals surface area contributed by atoms with E-state index in [1.54, 1.807) is 4.57 Å². The van der Waals surface area contributed by atoms with Gasteiger partial charge in [0, 0.05) is 12.5 Å². The topological polar surface area (TPSA) is 95.7 Å². The Balaban J connectivity index is 2.03. The molecule has 0 aliphatic heterocycles. The van der Waals surface area contributed by atoms with Crippen LogP contribution in [0.4, 0.5) is 5.95 Å². The van der Waals surface area contributed by atoms with E-state index in [0.717, 1.165) is 5.16 Å². The van der Waals surface area contributed by atoms with Gasteiger partial charge >= 0.3 is 0 Å². The van der Waals surface area contributed by atoms with Crippen LogP contribution in [0.1, 0.15) is 32.5 Å². The molecule has 0 atom stereocenters. The van der Waals surface area contributed by atoms with Gasteiger partial charge in [-0.3, -0.25) is 4.57 Å². The lowest BCUT2D eigenvalue weighted by molar-refractivity contribution is 0.372. The van der Waals surface area contributed by atoms with Gasteiger partial charge in [-0.15, -0.1) is 10.2 Å². The zero-order valence-electron chi connectivity index (χ0n) is 10.8. The van der Waals surface area contributed by atoms with Gasteiger partial charge in [-0.1, -0.05) is 37.7 Å². The van der Waals surface area contributed by atoms with Crippen LogP contribution in [-0.4, -0.2) is 24.9 Å². The maximum Gasteiger partial charge on any atom is 0.237 e. The predicted octanol–water partition coefficient (Wildman–Crippen LogP) is 1.37. The van der Waals surface area contributed by atoms with Crippen LogP contribution in [-0.2, 0) is 18.2 Å². The van der Waals surface area contributed by atoms with Crippen molar-refractivity contribution in [1.82, 2.24) is 24.9 Å². The van der Waals surface area contributed by atoms with Gasteiger partial charge in [-0.2, -0.15) is 4.98 Å². The van der Waals surface area contributed by atoms with Crippen molar-refractivity contribution in [3.8, 4) is 0 Å². The van der Waals surface area contributed by atoms with Crippen molar-refractivity contribution in [2.45, 2.75) is 37.1 Å². The maximum atomic E-state index is 5.60. The minimum Gasteiger partial charge on any atom is -0.368 e. The van der Waals surface area contributed by atoms with E-state index < -0.39 is 0 Å². The highest BCUT2D eigenvalue weighted by molar-refractivity contribution is 7.98. The standard InChI is InChI=1S/C10H16N6OS/c1-10(2,3)7-12-6(17-15-7)5-18-9-14-13-8(11)16(9)4/h5H2,1-4H3,(H2,11,13). The zero-order chi connectivity index (χ0) is 13.3. The fourth-order valence-corrected chi connectivity index (χ4v) is 1.95. The molecule has 0 saturated heterocycles. The normalized spacial score (nSPS) is 12.0. The average Bonchev–Trinajstić information content (AvgIpc) is 2.86. The molecule has 0 aliphatic rings. The molecule has 98 valence electrons. The first kappa shape index (κ1) is 12.9. The highest BCUT2D eigenvalue weighted by atomic mass is 32.2. The lowest BCUT2D eigenvalue weighted by Crippen LogP contribution is -2.13. The second-order valence-corrected chi connectivity index (χ2v) is 5.89. The molecule has 0 fully saturated rings. The molecule has 0 aliphatic carbocycles. The van der Waals surface area contributed by atoms with Crippen LogP contribution >= 0.6 is 11.8 Å². The number of nitrogen functional groups attached to an aromatic ring is 1. The number of anilines is 1. The molecule has 18 heavy (non-hydrogen) atoms. The molecule has 0 amide bonds. The van der Waals surface area contributed by atoms with Crippen LogP contribution in [0.2, 0.25) is 0 Å². The molecule has 0 unspecified atom stereocenters. The summed E-state index contributed by atoms with van der Waals surface area (Å²) in [5.74, 6) is 2.22. The van der Waals surface area contributed by atoms with Gasteiger partial charge in [0.25, 0.3) is 0 Å². The van der Waals surface area contributed by atoms with Crippen LogP contribution < -0.4 is 5.73 Å². The molecule has 2 aromatic rings. The fourth-order valence-electron chi connectivity index (χ4n) is 1.20. The van der Waals surface area contributed by atoms with Crippen molar-refractivity contribution in [3.05, 3.63) is 11.7 Å². The summed E-state index contributed by atoms with van der Waals surface area (Å²) in [4.78, 5) is 4.35. The second kappa shape index (κ2) is 4.60. The molecule has 2 heterocycles. The third-order valence-corrected chi connectivity index (χ3v) is 3.34. The summed E-state index contributed by atoms with van der Waals surface area (Å²) in [6, 6.07) is 0. The quantitative estimate of drug-likeness (QED) is 0.840. The Morgan fingerprint density at radius 3 is 2.56 bits per heavy atom. The van der Waals surface area contributed by atoms with E-state index in [1.165, 1.54) is 11.8 Å². The highest BCUT2D eigenvalue weighted by Gasteiger charge is 2.21. The molecule has 0 bridgehead atoms. The first-order valence-electron chi connectivity index (χ1n) is 5.48. The summed E-state index contributed by atoms with van der Waals surface area (Å²) >= 11 is 1.46. The van der Waals surface area contributed by atoms with Crippen molar-refractivity contribution in [2.24, 2.45) is 7.05 Å². The summed E-state index contributed by atoms with van der Waals surface area (Å²) in [7, 11) is 1.81. The maximum absolute atomic E-state index is 5.60. The number of thioether (sulfide) groups is 1. The summed E-state index contributed by atoms with van der Waals surface area (Å²) in [6.45, 7) is 6.12. The number of nitrogens with two attached hydrogens (primary N) is 1. The van der Waals surface area contributed by atoms with E-state index in [-0.39, 0.29) is 5.41 Å². The second-order valence-electron chi connectivity index (χ2n) is 4.95. The van der Waals surface area contributed by atoms with Gasteiger partial charge in [-0.25, -0.2) is 0 Å². The molecule has 8 heteroatoms. The monoisotopic (exact) mass is 268 g/mol. The number of hydrogen-bond donors (Lipinski definition) is 1. The molecule has 2 rings (SSSR count). The summed E-state index contributed by atoms with van der Waals surface area (Å²) in [5.41, 5.74) is 5.49. The Labute approximate surface area is 109 Å². The van der Waals surface area contributed by atoms with Gasteiger partial charge < -0.3 is 10.3 Å². The Bertz CT molecular complexity index is 541. The van der Waals surface area contributed by atoms with Crippen LogP contribution in [0.5, 0.6) is 0 Å². The third-order valence-electron chi connectivity index (χ3n) is 2.33. The van der Waals surface area contributed by atoms with Crippen molar-refractivity contribution in [2.75, 3.05) is 5.73 Å². The average molecular weight is 268 g/mol. The van der Waals surface area contributed by atoms with Crippen LogP contribution in [0.3, 0.4) is 0 Å². The van der Waals surface area contributed by atoms with Crippen LogP contribution in [0, 0.1) is 0 Å². The molecule has 2 N–H and O–H groups in total. The molecule has 0 aromatic carbocycles. The number of aromatic nitrogens is 5. The van der Waals surface area contributed by atoms with E-state index in [1.807, 2.05) is 27.8 Å². The number of hydrogen-bond acceptors (Lipinski definition) is 7. The first-order valence-corrected chi connectivity index (χ1v) is 6.47. The summed E-state index contributed by atoms with van der Waals surface area (Å²) < 4.78 is 6.90. The van der Waals surface area contributed by atoms with Gasteiger partial charge in [-0.05, 0) is 0 Å². The minimum absolute atomic E-state index is 0.110. The molecular weight excluding hydrogens is 252 g/mol. The van der Waals surface area contributed by atoms with E-state index in [4.69, 9.17) is 10.3 Å². The van der Waals surface area contributed by atoms with E-state index >= 15 is 0 Å². The summed E-state index contributed by atoms with van der Waals surface area (Å²) in [6.07, 6.45) is 0. The highest BCUT2D eigenvalue weighted by Crippen LogP contribution is 2.23. The van der Waals surface area contributed by atoms with Gasteiger partial charge in [0.15, 0.2) is 11.0 Å². The van der Waals surface area contributed by atoms with E-state index in [0.29, 0.717) is 23.4 Å². The largest absolute Gasteiger partial charge is 0.368 e. The Hall–Kier alpha value is -1.57. The van der Waals surface area contributed by atoms with Crippen molar-refractivity contribution < 1.29 is 4.52 Å². The van der Waals surface area contributed by atoms with Crippen molar-refractivity contribution in [1.29, 1.82) is 0 Å². The van der Waals surface area contributed by atoms with Gasteiger partial charge in [0.1, 0.15) is 0 Å². The van der Waals surface area contributed by atoms with Crippen molar-refractivity contribution in [3.63, 3.8) is 0 Å². The molecule has 0 radical (unpaired) electrons. The molecular formula is C10H16N6OS. The fraction of sp³-hybridized carbons (Fsp3) is 0.600. The summed E-state index contributed by atoms with van der Waals surface area (Å²) in [5, 5.41) is 12.4. The minimum atomic E-state index is -0.110. The van der Waals surface area contributed by atoms with E-state index in [2.05, 4.69) is 20.3 Å². The van der Waals surface area contributed by atoms with Gasteiger partial charge in [0.05, 0.1) is 5.75 Å². The molecule has 2 aromatic heterocycles. The smallest absolute Gasteiger partial charge is 0.237 e. The molecule has 0 spiro atoms. The number of rotatable bonds is 3. The van der Waals surface area contributed by atoms with Gasteiger partial charge in [0.2, 0.25) is 11.8 Å². The predicted molar refractivity (Wildman–Crippen MR) is 68.0 cm³/mol. The van der Waals surface area contributed by atoms with Crippen molar-refractivity contribution >= 4 is 17.7 Å². The Morgan fingerprint density at radius 1 is 1.33 bits per heavy atom. The SMILES string of the molecule is Cn1c(N)nnc1SCc1nc(C(C)(C)C)no1. The van der Waals surface area contributed by atoms with Crippen LogP contribution in [0.25, 0.3) is 0 Å². The number of nitrogens with zero attached hydrogens (tertiary/aromatic N) is 5. The zero-order valence-corrected chi connectivity index (χ0v) is 11.7. The Morgan fingerprint density at radius 2 is 2.06 bits per heavy atom. The Kier molecular flexibility index (Phi) is 3.29. The van der Waals surface area contributed by atoms with Crippen LogP contribution in [0.15, 0.2) is 9.68 Å².